The van der Waals surface area contributed by atoms with Crippen LogP contribution in [0.15, 0.2) is 45.1 Å². The van der Waals surface area contributed by atoms with E-state index in [-0.39, 0.29) is 12.5 Å². The van der Waals surface area contributed by atoms with Crippen molar-refractivity contribution in [2.24, 2.45) is 5.92 Å². The molecule has 1 aromatic heterocycles. The molecule has 2 N–H and O–H groups in total. The van der Waals surface area contributed by atoms with Crippen molar-refractivity contribution >= 4 is 11.8 Å². The molecule has 7 heteroatoms. The van der Waals surface area contributed by atoms with Crippen LogP contribution in [0.1, 0.15) is 56.2 Å². The van der Waals surface area contributed by atoms with Crippen molar-refractivity contribution in [3.63, 3.8) is 0 Å². The number of benzene rings is 1. The van der Waals surface area contributed by atoms with Gasteiger partial charge in [-0.25, -0.2) is 9.59 Å². The van der Waals surface area contributed by atoms with Crippen LogP contribution < -0.4 is 16.6 Å². The second-order valence-electron chi connectivity index (χ2n) is 8.37. The lowest BCUT2D eigenvalue weighted by Gasteiger charge is -2.28. The summed E-state index contributed by atoms with van der Waals surface area (Å²) in [5, 5.41) is 3.15. The Balaban J connectivity index is 1.96. The van der Waals surface area contributed by atoms with Crippen LogP contribution in [-0.4, -0.2) is 22.1 Å². The van der Waals surface area contributed by atoms with E-state index < -0.39 is 23.1 Å². The van der Waals surface area contributed by atoms with Crippen LogP contribution in [0, 0.1) is 5.92 Å². The maximum Gasteiger partial charge on any atom is 0.337 e. The number of esters is 1. The number of ether oxygens (including phenoxy) is 1. The number of nitrogens with one attached hydrogen (secondary N) is 2. The SMILES string of the molecule is CC(C)Cn1c2c(c(=O)[nH]c1=O)C(c1ccc(C(C)C)cc1)C1=C(COC1=O)N2. The number of fused-ring (bicyclic) bond motifs is 1. The Labute approximate surface area is 168 Å². The largest absolute Gasteiger partial charge is 0.456 e. The maximum atomic E-state index is 12.9. The Bertz CT molecular complexity index is 1120. The van der Waals surface area contributed by atoms with Gasteiger partial charge in [0.2, 0.25) is 0 Å². The first-order valence-electron chi connectivity index (χ1n) is 9.92. The van der Waals surface area contributed by atoms with E-state index in [1.165, 1.54) is 5.56 Å². The molecule has 2 aliphatic heterocycles. The molecule has 0 saturated heterocycles. The molecule has 1 aromatic carbocycles. The van der Waals surface area contributed by atoms with E-state index in [0.29, 0.717) is 35.1 Å². The zero-order valence-corrected chi connectivity index (χ0v) is 17.0. The Morgan fingerprint density at radius 3 is 2.41 bits per heavy atom. The van der Waals surface area contributed by atoms with Crippen molar-refractivity contribution in [3.05, 3.63) is 73.1 Å². The molecule has 0 amide bonds. The molecule has 4 rings (SSSR count). The van der Waals surface area contributed by atoms with Gasteiger partial charge in [0.1, 0.15) is 12.4 Å². The molecule has 0 fully saturated rings. The van der Waals surface area contributed by atoms with Gasteiger partial charge in [0, 0.05) is 6.54 Å². The highest BCUT2D eigenvalue weighted by atomic mass is 16.5. The Kier molecular flexibility index (Phi) is 4.68. The smallest absolute Gasteiger partial charge is 0.337 e. The van der Waals surface area contributed by atoms with Crippen LogP contribution in [0.4, 0.5) is 5.82 Å². The van der Waals surface area contributed by atoms with E-state index in [4.69, 9.17) is 4.74 Å². The molecule has 0 bridgehead atoms. The van der Waals surface area contributed by atoms with Crippen molar-refractivity contribution in [1.82, 2.24) is 9.55 Å². The van der Waals surface area contributed by atoms with Crippen molar-refractivity contribution in [2.75, 3.05) is 11.9 Å². The fourth-order valence-electron chi connectivity index (χ4n) is 4.03. The standard InChI is InChI=1S/C22H25N3O4/c1-11(2)9-25-19-18(20(26)24-22(25)28)16(17-15(23-19)10-29-21(17)27)14-7-5-13(6-8-14)12(3)4/h5-8,11-12,16,23H,9-10H2,1-4H3,(H,24,26,28). The molecule has 7 nitrogen and oxygen atoms in total. The lowest BCUT2D eigenvalue weighted by Crippen LogP contribution is -2.39. The highest BCUT2D eigenvalue weighted by molar-refractivity contribution is 5.96. The van der Waals surface area contributed by atoms with Gasteiger partial charge in [-0.15, -0.1) is 0 Å². The van der Waals surface area contributed by atoms with Crippen LogP contribution in [0.5, 0.6) is 0 Å². The minimum Gasteiger partial charge on any atom is -0.456 e. The lowest BCUT2D eigenvalue weighted by molar-refractivity contribution is -0.136. The third kappa shape index (κ3) is 3.20. The quantitative estimate of drug-likeness (QED) is 0.777. The molecule has 1 unspecified atom stereocenters. The summed E-state index contributed by atoms with van der Waals surface area (Å²) in [6.07, 6.45) is 0. The predicted molar refractivity (Wildman–Crippen MR) is 110 cm³/mol. The number of hydrogen-bond donors (Lipinski definition) is 2. The molecule has 152 valence electrons. The van der Waals surface area contributed by atoms with Gasteiger partial charge in [-0.3, -0.25) is 14.3 Å². The number of carbonyl (C=O) groups excluding carboxylic acids is 1. The number of carbonyl (C=O) groups is 1. The number of aromatic nitrogens is 2. The van der Waals surface area contributed by atoms with Crippen molar-refractivity contribution in [1.29, 1.82) is 0 Å². The topological polar surface area (TPSA) is 93.2 Å². The third-order valence-electron chi connectivity index (χ3n) is 5.46. The highest BCUT2D eigenvalue weighted by Crippen LogP contribution is 2.42. The summed E-state index contributed by atoms with van der Waals surface area (Å²) in [6, 6.07) is 7.92. The average Bonchev–Trinajstić information content (AvgIpc) is 3.04. The number of nitrogens with zero attached hydrogens (tertiary/aromatic N) is 1. The third-order valence-corrected chi connectivity index (χ3v) is 5.46. The van der Waals surface area contributed by atoms with Crippen LogP contribution in [0.2, 0.25) is 0 Å². The number of aromatic amines is 1. The fraction of sp³-hybridized carbons (Fsp3) is 0.409. The molecular weight excluding hydrogens is 370 g/mol. The minimum atomic E-state index is -0.583. The van der Waals surface area contributed by atoms with Gasteiger partial charge in [-0.05, 0) is 23.0 Å². The van der Waals surface area contributed by atoms with Gasteiger partial charge in [-0.2, -0.15) is 0 Å². The molecular formula is C22H25N3O4. The lowest BCUT2D eigenvalue weighted by atomic mass is 9.82. The molecule has 0 radical (unpaired) electrons. The Morgan fingerprint density at radius 1 is 1.10 bits per heavy atom. The van der Waals surface area contributed by atoms with E-state index in [1.807, 2.05) is 38.1 Å². The minimum absolute atomic E-state index is 0.108. The van der Waals surface area contributed by atoms with E-state index in [1.54, 1.807) is 4.57 Å². The molecule has 0 saturated carbocycles. The van der Waals surface area contributed by atoms with Crippen molar-refractivity contribution in [2.45, 2.75) is 46.1 Å². The van der Waals surface area contributed by atoms with Gasteiger partial charge in [0.25, 0.3) is 5.56 Å². The second kappa shape index (κ2) is 7.06. The van der Waals surface area contributed by atoms with Crippen LogP contribution in [-0.2, 0) is 16.1 Å². The summed E-state index contributed by atoms with van der Waals surface area (Å²) in [7, 11) is 0. The van der Waals surface area contributed by atoms with E-state index in [9.17, 15) is 14.4 Å². The maximum absolute atomic E-state index is 12.9. The first-order chi connectivity index (χ1) is 13.8. The number of hydrogen-bond acceptors (Lipinski definition) is 5. The molecule has 0 aliphatic carbocycles. The summed E-state index contributed by atoms with van der Waals surface area (Å²) in [6.45, 7) is 8.78. The monoisotopic (exact) mass is 395 g/mol. The number of cyclic esters (lactones) is 1. The Hall–Kier alpha value is -3.09. The van der Waals surface area contributed by atoms with E-state index in [2.05, 4.69) is 24.1 Å². The first-order valence-corrected chi connectivity index (χ1v) is 9.92. The summed E-state index contributed by atoms with van der Waals surface area (Å²) in [4.78, 5) is 40.4. The highest BCUT2D eigenvalue weighted by Gasteiger charge is 2.41. The first kappa shape index (κ1) is 19.2. The van der Waals surface area contributed by atoms with Crippen molar-refractivity contribution in [3.8, 4) is 0 Å². The summed E-state index contributed by atoms with van der Waals surface area (Å²) < 4.78 is 6.81. The van der Waals surface area contributed by atoms with E-state index >= 15 is 0 Å². The molecule has 29 heavy (non-hydrogen) atoms. The molecule has 1 atom stereocenters. The second-order valence-corrected chi connectivity index (χ2v) is 8.37. The fourth-order valence-corrected chi connectivity index (χ4v) is 4.03. The average molecular weight is 395 g/mol. The molecule has 2 aliphatic rings. The molecule has 2 aromatic rings. The van der Waals surface area contributed by atoms with Gasteiger partial charge in [-0.1, -0.05) is 52.0 Å². The van der Waals surface area contributed by atoms with Crippen LogP contribution in [0.3, 0.4) is 0 Å². The van der Waals surface area contributed by atoms with Crippen LogP contribution in [0.25, 0.3) is 0 Å². The number of H-pyrrole nitrogens is 1. The number of anilines is 1. The van der Waals surface area contributed by atoms with Gasteiger partial charge in [0.15, 0.2) is 0 Å². The summed E-state index contributed by atoms with van der Waals surface area (Å²) in [5.41, 5.74) is 2.48. The zero-order chi connectivity index (χ0) is 20.9. The van der Waals surface area contributed by atoms with E-state index in [0.717, 1.165) is 5.56 Å². The van der Waals surface area contributed by atoms with Gasteiger partial charge in [0.05, 0.1) is 22.8 Å². The number of rotatable bonds is 4. The van der Waals surface area contributed by atoms with Gasteiger partial charge < -0.3 is 10.1 Å². The molecule has 3 heterocycles. The van der Waals surface area contributed by atoms with Crippen LogP contribution >= 0.6 is 0 Å². The zero-order valence-electron chi connectivity index (χ0n) is 17.0. The van der Waals surface area contributed by atoms with Crippen molar-refractivity contribution < 1.29 is 9.53 Å². The van der Waals surface area contributed by atoms with Gasteiger partial charge >= 0.3 is 11.7 Å². The normalized spacial score (nSPS) is 18.0. The summed E-state index contributed by atoms with van der Waals surface area (Å²) in [5.74, 6) is 0.0000699. The predicted octanol–water partition coefficient (Wildman–Crippen LogP) is 2.68. The Morgan fingerprint density at radius 2 is 1.79 bits per heavy atom. The molecule has 0 spiro atoms. The summed E-state index contributed by atoms with van der Waals surface area (Å²) >= 11 is 0.